The second kappa shape index (κ2) is 6.36. The Morgan fingerprint density at radius 3 is 2.61 bits per heavy atom. The van der Waals surface area contributed by atoms with E-state index in [1.165, 1.54) is 0 Å². The summed E-state index contributed by atoms with van der Waals surface area (Å²) in [6.45, 7) is 1.20. The largest absolute Gasteiger partial charge is 0.396 e. The minimum absolute atomic E-state index is 0.0853. The Morgan fingerprint density at radius 1 is 1.00 bits per heavy atom. The molecule has 1 aromatic carbocycles. The fraction of sp³-hybridized carbons (Fsp3) is 0.400. The molecule has 1 N–H and O–H groups in total. The molecule has 0 spiro atoms. The number of aliphatic hydroxyl groups excluding tert-OH is 1. The van der Waals surface area contributed by atoms with Crippen molar-refractivity contribution in [1.82, 2.24) is 4.57 Å². The van der Waals surface area contributed by atoms with E-state index in [0.717, 1.165) is 43.1 Å². The normalized spacial score (nSPS) is 10.9. The Kier molecular flexibility index (Phi) is 4.53. The second-order valence-corrected chi connectivity index (χ2v) is 4.53. The van der Waals surface area contributed by atoms with Crippen molar-refractivity contribution in [1.29, 1.82) is 0 Å². The van der Waals surface area contributed by atoms with Gasteiger partial charge in [0.15, 0.2) is 5.43 Å². The zero-order valence-corrected chi connectivity index (χ0v) is 10.5. The van der Waals surface area contributed by atoms with Gasteiger partial charge in [-0.1, -0.05) is 25.0 Å². The van der Waals surface area contributed by atoms with E-state index in [1.54, 1.807) is 6.07 Å². The average Bonchev–Trinajstić information content (AvgIpc) is 2.41. The van der Waals surface area contributed by atoms with Crippen molar-refractivity contribution < 1.29 is 5.11 Å². The number of benzene rings is 1. The molecule has 0 amide bonds. The highest BCUT2D eigenvalue weighted by atomic mass is 16.2. The maximum absolute atomic E-state index is 11.7. The Hall–Kier alpha value is -1.61. The molecule has 1 aromatic heterocycles. The summed E-state index contributed by atoms with van der Waals surface area (Å²) in [5.74, 6) is 0. The Bertz CT molecular complexity index is 560. The predicted molar refractivity (Wildman–Crippen MR) is 73.8 cm³/mol. The number of aryl methyl sites for hydroxylation is 1. The van der Waals surface area contributed by atoms with Gasteiger partial charge in [-0.3, -0.25) is 4.79 Å². The number of unbranched alkanes of at least 4 members (excludes halogenated alkanes) is 3. The van der Waals surface area contributed by atoms with E-state index in [1.807, 2.05) is 30.5 Å². The molecule has 0 aliphatic rings. The van der Waals surface area contributed by atoms with Crippen LogP contribution in [0.5, 0.6) is 0 Å². The lowest BCUT2D eigenvalue weighted by molar-refractivity contribution is 0.282. The summed E-state index contributed by atoms with van der Waals surface area (Å²) in [6, 6.07) is 9.36. The summed E-state index contributed by atoms with van der Waals surface area (Å²) in [5.41, 5.74) is 1.09. The van der Waals surface area contributed by atoms with Crippen molar-refractivity contribution in [3.8, 4) is 0 Å². The van der Waals surface area contributed by atoms with Crippen LogP contribution >= 0.6 is 0 Å². The van der Waals surface area contributed by atoms with Crippen molar-refractivity contribution in [2.45, 2.75) is 32.2 Å². The van der Waals surface area contributed by atoms with Gasteiger partial charge in [-0.2, -0.15) is 0 Å². The molecular weight excluding hydrogens is 226 g/mol. The molecule has 3 nitrogen and oxygen atoms in total. The number of fused-ring (bicyclic) bond motifs is 1. The van der Waals surface area contributed by atoms with Crippen molar-refractivity contribution in [3.05, 3.63) is 46.8 Å². The zero-order chi connectivity index (χ0) is 12.8. The third-order valence-electron chi connectivity index (χ3n) is 3.19. The van der Waals surface area contributed by atoms with Crippen molar-refractivity contribution in [2.75, 3.05) is 6.61 Å². The average molecular weight is 245 g/mol. The van der Waals surface area contributed by atoms with E-state index in [2.05, 4.69) is 4.57 Å². The molecule has 0 saturated carbocycles. The maximum atomic E-state index is 11.7. The van der Waals surface area contributed by atoms with Crippen molar-refractivity contribution in [2.24, 2.45) is 0 Å². The highest BCUT2D eigenvalue weighted by molar-refractivity contribution is 5.78. The molecular formula is C15H19NO2. The maximum Gasteiger partial charge on any atom is 0.189 e. The minimum atomic E-state index is 0.0853. The lowest BCUT2D eigenvalue weighted by Crippen LogP contribution is -2.08. The molecule has 18 heavy (non-hydrogen) atoms. The van der Waals surface area contributed by atoms with Crippen LogP contribution in [0, 0.1) is 0 Å². The fourth-order valence-corrected chi connectivity index (χ4v) is 2.20. The van der Waals surface area contributed by atoms with Crippen LogP contribution in [0.4, 0.5) is 0 Å². The summed E-state index contributed by atoms with van der Waals surface area (Å²) >= 11 is 0. The molecule has 0 atom stereocenters. The fourth-order valence-electron chi connectivity index (χ4n) is 2.20. The first kappa shape index (κ1) is 12.8. The van der Waals surface area contributed by atoms with Gasteiger partial charge in [-0.15, -0.1) is 0 Å². The first-order valence-electron chi connectivity index (χ1n) is 6.52. The lowest BCUT2D eigenvalue weighted by atomic mass is 10.1. The summed E-state index contributed by atoms with van der Waals surface area (Å²) in [4.78, 5) is 11.7. The highest BCUT2D eigenvalue weighted by Crippen LogP contribution is 2.11. The van der Waals surface area contributed by atoms with Gasteiger partial charge in [0.25, 0.3) is 0 Å². The number of rotatable bonds is 6. The van der Waals surface area contributed by atoms with Gasteiger partial charge in [0.05, 0.1) is 5.52 Å². The molecule has 96 valence electrons. The van der Waals surface area contributed by atoms with Crippen LogP contribution in [0.25, 0.3) is 10.9 Å². The number of pyridine rings is 1. The monoisotopic (exact) mass is 245 g/mol. The smallest absolute Gasteiger partial charge is 0.189 e. The molecule has 0 unspecified atom stereocenters. The number of hydrogen-bond donors (Lipinski definition) is 1. The van der Waals surface area contributed by atoms with Crippen molar-refractivity contribution >= 4 is 10.9 Å². The first-order chi connectivity index (χ1) is 8.83. The van der Waals surface area contributed by atoms with Gasteiger partial charge < -0.3 is 9.67 Å². The van der Waals surface area contributed by atoms with Crippen LogP contribution < -0.4 is 5.43 Å². The van der Waals surface area contributed by atoms with E-state index in [-0.39, 0.29) is 12.0 Å². The molecule has 2 rings (SSSR count). The van der Waals surface area contributed by atoms with Crippen LogP contribution in [-0.2, 0) is 6.54 Å². The van der Waals surface area contributed by atoms with Gasteiger partial charge in [0, 0.05) is 30.8 Å². The molecule has 1 heterocycles. The summed E-state index contributed by atoms with van der Waals surface area (Å²) in [6.07, 6.45) is 6.00. The summed E-state index contributed by atoms with van der Waals surface area (Å²) in [5, 5.41) is 9.50. The zero-order valence-electron chi connectivity index (χ0n) is 10.5. The number of aliphatic hydroxyl groups is 1. The van der Waals surface area contributed by atoms with E-state index < -0.39 is 0 Å². The van der Waals surface area contributed by atoms with E-state index in [0.29, 0.717) is 0 Å². The van der Waals surface area contributed by atoms with Crippen LogP contribution in [0.2, 0.25) is 0 Å². The molecule has 0 aliphatic carbocycles. The topological polar surface area (TPSA) is 42.2 Å². The van der Waals surface area contributed by atoms with E-state index >= 15 is 0 Å². The standard InChI is InChI=1S/C15H19NO2/c17-12-6-2-1-5-10-16-11-9-15(18)13-7-3-4-8-14(13)16/h3-4,7-9,11,17H,1-2,5-6,10,12H2. The van der Waals surface area contributed by atoms with Crippen LogP contribution in [0.1, 0.15) is 25.7 Å². The van der Waals surface area contributed by atoms with Gasteiger partial charge in [-0.25, -0.2) is 0 Å². The molecule has 0 fully saturated rings. The highest BCUT2D eigenvalue weighted by Gasteiger charge is 2.01. The molecule has 0 saturated heterocycles. The van der Waals surface area contributed by atoms with Gasteiger partial charge in [0.1, 0.15) is 0 Å². The Balaban J connectivity index is 2.09. The number of aromatic nitrogens is 1. The number of nitrogens with zero attached hydrogens (tertiary/aromatic N) is 1. The molecule has 2 aromatic rings. The first-order valence-corrected chi connectivity index (χ1v) is 6.52. The Labute approximate surface area is 107 Å². The molecule has 0 radical (unpaired) electrons. The van der Waals surface area contributed by atoms with E-state index in [9.17, 15) is 4.79 Å². The quantitative estimate of drug-likeness (QED) is 0.795. The van der Waals surface area contributed by atoms with Gasteiger partial charge in [0.2, 0.25) is 0 Å². The van der Waals surface area contributed by atoms with Gasteiger partial charge in [-0.05, 0) is 25.0 Å². The SMILES string of the molecule is O=c1ccn(CCCCCCO)c2ccccc12. The number of para-hydroxylation sites is 1. The van der Waals surface area contributed by atoms with E-state index in [4.69, 9.17) is 5.11 Å². The van der Waals surface area contributed by atoms with Crippen LogP contribution in [0.3, 0.4) is 0 Å². The second-order valence-electron chi connectivity index (χ2n) is 4.53. The number of hydrogen-bond acceptors (Lipinski definition) is 2. The lowest BCUT2D eigenvalue weighted by Gasteiger charge is -2.10. The molecule has 0 bridgehead atoms. The van der Waals surface area contributed by atoms with Crippen molar-refractivity contribution in [3.63, 3.8) is 0 Å². The van der Waals surface area contributed by atoms with Gasteiger partial charge >= 0.3 is 0 Å². The third-order valence-corrected chi connectivity index (χ3v) is 3.19. The summed E-state index contributed by atoms with van der Waals surface area (Å²) < 4.78 is 2.13. The molecule has 0 aliphatic heterocycles. The molecule has 3 heteroatoms. The minimum Gasteiger partial charge on any atom is -0.396 e. The Morgan fingerprint density at radius 2 is 1.78 bits per heavy atom. The third kappa shape index (κ3) is 2.99. The summed E-state index contributed by atoms with van der Waals surface area (Å²) in [7, 11) is 0. The predicted octanol–water partition coefficient (Wildman–Crippen LogP) is 2.55. The van der Waals surface area contributed by atoms with Crippen LogP contribution in [-0.4, -0.2) is 16.3 Å². The van der Waals surface area contributed by atoms with Crippen LogP contribution in [0.15, 0.2) is 41.3 Å².